The molecule has 170 valence electrons. The second kappa shape index (κ2) is 9.86. The van der Waals surface area contributed by atoms with Gasteiger partial charge in [-0.25, -0.2) is 4.68 Å². The summed E-state index contributed by atoms with van der Waals surface area (Å²) in [5.74, 6) is -0.131. The maximum absolute atomic E-state index is 13.4. The summed E-state index contributed by atoms with van der Waals surface area (Å²) in [6.45, 7) is 0.855. The fourth-order valence-electron chi connectivity index (χ4n) is 3.16. The number of nitrogens with zero attached hydrogens (tertiary/aromatic N) is 4. The molecule has 1 amide bonds. The molecular weight excluding hydrogens is 421 g/mol. The second-order valence-electron chi connectivity index (χ2n) is 7.55. The number of benzene rings is 2. The number of carbonyl (C=O) groups excluding carboxylic acids is 1. The number of rotatable bonds is 8. The highest BCUT2D eigenvalue weighted by Gasteiger charge is 2.31. The maximum Gasteiger partial charge on any atom is 0.416 e. The first-order valence-corrected chi connectivity index (χ1v) is 9.98. The van der Waals surface area contributed by atoms with E-state index in [-0.39, 0.29) is 18.0 Å². The van der Waals surface area contributed by atoms with Crippen molar-refractivity contribution in [3.05, 3.63) is 77.6 Å². The van der Waals surface area contributed by atoms with E-state index in [0.29, 0.717) is 18.7 Å². The zero-order valence-electron chi connectivity index (χ0n) is 18.1. The van der Waals surface area contributed by atoms with Crippen LogP contribution in [-0.2, 0) is 12.7 Å². The van der Waals surface area contributed by atoms with Gasteiger partial charge in [0.15, 0.2) is 11.4 Å². The van der Waals surface area contributed by atoms with Crippen molar-refractivity contribution in [2.75, 3.05) is 34.3 Å². The number of alkyl halides is 3. The van der Waals surface area contributed by atoms with Gasteiger partial charge in [0.2, 0.25) is 0 Å². The lowest BCUT2D eigenvalue weighted by molar-refractivity contribution is -0.137. The smallest absolute Gasteiger partial charge is 0.416 e. The fraction of sp³-hybridized carbons (Fsp3) is 0.304. The Morgan fingerprint density at radius 3 is 2.41 bits per heavy atom. The number of likely N-dealkylation sites (N-methyl/N-ethyl adjacent to an activating group) is 1. The van der Waals surface area contributed by atoms with Crippen LogP contribution in [0, 0.1) is 0 Å². The van der Waals surface area contributed by atoms with E-state index in [4.69, 9.17) is 4.74 Å². The molecule has 2 aromatic carbocycles. The normalized spacial score (nSPS) is 11.6. The van der Waals surface area contributed by atoms with Gasteiger partial charge < -0.3 is 14.5 Å². The average molecular weight is 446 g/mol. The van der Waals surface area contributed by atoms with Gasteiger partial charge in [0.1, 0.15) is 0 Å². The average Bonchev–Trinajstić information content (AvgIpc) is 3.21. The van der Waals surface area contributed by atoms with Crippen LogP contribution in [0.25, 0.3) is 5.69 Å². The van der Waals surface area contributed by atoms with Crippen LogP contribution in [0.1, 0.15) is 21.6 Å². The summed E-state index contributed by atoms with van der Waals surface area (Å²) >= 11 is 0. The third-order valence-corrected chi connectivity index (χ3v) is 4.86. The van der Waals surface area contributed by atoms with Crippen LogP contribution in [-0.4, -0.2) is 59.8 Å². The summed E-state index contributed by atoms with van der Waals surface area (Å²) in [6.07, 6.45) is -2.84. The summed E-state index contributed by atoms with van der Waals surface area (Å²) in [7, 11) is 5.16. The summed E-state index contributed by atoms with van der Waals surface area (Å²) in [6, 6.07) is 14.2. The van der Waals surface area contributed by atoms with E-state index in [2.05, 4.69) is 5.10 Å². The van der Waals surface area contributed by atoms with Crippen LogP contribution in [0.4, 0.5) is 13.2 Å². The van der Waals surface area contributed by atoms with E-state index in [9.17, 15) is 18.0 Å². The third kappa shape index (κ3) is 5.67. The van der Waals surface area contributed by atoms with Gasteiger partial charge in [-0.15, -0.1) is 0 Å². The zero-order valence-corrected chi connectivity index (χ0v) is 18.1. The Hall–Kier alpha value is -3.33. The quantitative estimate of drug-likeness (QED) is 0.523. The molecule has 32 heavy (non-hydrogen) atoms. The Balaban J connectivity index is 1.92. The monoisotopic (exact) mass is 446 g/mol. The summed E-state index contributed by atoms with van der Waals surface area (Å²) < 4.78 is 46.3. The van der Waals surface area contributed by atoms with E-state index in [0.717, 1.165) is 17.8 Å². The van der Waals surface area contributed by atoms with Crippen LogP contribution in [0.2, 0.25) is 0 Å². The molecule has 0 bridgehead atoms. The van der Waals surface area contributed by atoms with Crippen molar-refractivity contribution in [3.8, 4) is 11.4 Å². The molecule has 0 saturated carbocycles. The van der Waals surface area contributed by atoms with Gasteiger partial charge in [0.25, 0.3) is 5.91 Å². The standard InChI is InChI=1S/C23H25F3N4O2/c1-28(2)12-13-29(15-17-8-7-9-18(14-17)23(24,25)26)22(31)21-20(32-3)16-30(27-21)19-10-5-4-6-11-19/h4-11,14,16H,12-13,15H2,1-3H3. The van der Waals surface area contributed by atoms with E-state index in [1.54, 1.807) is 16.9 Å². The molecule has 0 atom stereocenters. The highest BCUT2D eigenvalue weighted by atomic mass is 19.4. The van der Waals surface area contributed by atoms with Crippen molar-refractivity contribution >= 4 is 5.91 Å². The Labute approximate surface area is 184 Å². The van der Waals surface area contributed by atoms with Crippen LogP contribution < -0.4 is 4.74 Å². The van der Waals surface area contributed by atoms with Gasteiger partial charge >= 0.3 is 6.18 Å². The van der Waals surface area contributed by atoms with Crippen LogP contribution in [0.5, 0.6) is 5.75 Å². The number of aromatic nitrogens is 2. The van der Waals surface area contributed by atoms with E-state index < -0.39 is 17.6 Å². The lowest BCUT2D eigenvalue weighted by atomic mass is 10.1. The van der Waals surface area contributed by atoms with Crippen molar-refractivity contribution in [3.63, 3.8) is 0 Å². The van der Waals surface area contributed by atoms with Crippen LogP contribution in [0.15, 0.2) is 60.8 Å². The van der Waals surface area contributed by atoms with Gasteiger partial charge in [0, 0.05) is 19.6 Å². The molecule has 1 aromatic heterocycles. The summed E-state index contributed by atoms with van der Waals surface area (Å²) in [5.41, 5.74) is 0.485. The largest absolute Gasteiger partial charge is 0.493 e. The first-order valence-electron chi connectivity index (χ1n) is 9.98. The van der Waals surface area contributed by atoms with Crippen LogP contribution in [0.3, 0.4) is 0 Å². The van der Waals surface area contributed by atoms with E-state index in [1.807, 2.05) is 49.3 Å². The third-order valence-electron chi connectivity index (χ3n) is 4.86. The number of hydrogen-bond donors (Lipinski definition) is 0. The molecule has 0 aliphatic rings. The SMILES string of the molecule is COc1cn(-c2ccccc2)nc1C(=O)N(CCN(C)C)Cc1cccc(C(F)(F)F)c1. The Bertz CT molecular complexity index is 1050. The molecular formula is C23H25F3N4O2. The van der Waals surface area contributed by atoms with Gasteiger partial charge in [-0.2, -0.15) is 18.3 Å². The van der Waals surface area contributed by atoms with Gasteiger partial charge in [-0.1, -0.05) is 30.3 Å². The number of hydrogen-bond acceptors (Lipinski definition) is 4. The molecule has 0 aliphatic heterocycles. The van der Waals surface area contributed by atoms with Crippen molar-refractivity contribution in [1.82, 2.24) is 19.6 Å². The van der Waals surface area contributed by atoms with Gasteiger partial charge in [0.05, 0.1) is 24.6 Å². The lowest BCUT2D eigenvalue weighted by Gasteiger charge is -2.24. The molecule has 0 aliphatic carbocycles. The minimum Gasteiger partial charge on any atom is -0.493 e. The number of amides is 1. The number of methoxy groups -OCH3 is 1. The maximum atomic E-state index is 13.4. The van der Waals surface area contributed by atoms with Crippen LogP contribution >= 0.6 is 0 Å². The minimum atomic E-state index is -4.45. The number of para-hydroxylation sites is 1. The predicted octanol–water partition coefficient (Wildman–Crippen LogP) is 4.10. The molecule has 3 rings (SSSR count). The molecule has 3 aromatic rings. The van der Waals surface area contributed by atoms with Gasteiger partial charge in [-0.3, -0.25) is 4.79 Å². The second-order valence-corrected chi connectivity index (χ2v) is 7.55. The molecule has 0 radical (unpaired) electrons. The molecule has 0 spiro atoms. The Kier molecular flexibility index (Phi) is 7.19. The number of carbonyl (C=O) groups is 1. The number of halogens is 3. The fourth-order valence-corrected chi connectivity index (χ4v) is 3.16. The summed E-state index contributed by atoms with van der Waals surface area (Å²) in [5, 5.41) is 4.40. The van der Waals surface area contributed by atoms with Crippen molar-refractivity contribution in [1.29, 1.82) is 0 Å². The molecule has 0 unspecified atom stereocenters. The Morgan fingerprint density at radius 1 is 1.06 bits per heavy atom. The number of ether oxygens (including phenoxy) is 1. The first-order chi connectivity index (χ1) is 15.2. The molecule has 0 saturated heterocycles. The molecule has 9 heteroatoms. The highest BCUT2D eigenvalue weighted by Crippen LogP contribution is 2.30. The molecule has 0 N–H and O–H groups in total. The van der Waals surface area contributed by atoms with Crippen molar-refractivity contribution in [2.45, 2.75) is 12.7 Å². The molecule has 6 nitrogen and oxygen atoms in total. The van der Waals surface area contributed by atoms with Crippen molar-refractivity contribution in [2.24, 2.45) is 0 Å². The molecule has 0 fully saturated rings. The topological polar surface area (TPSA) is 50.6 Å². The molecule has 1 heterocycles. The zero-order chi connectivity index (χ0) is 23.3. The summed E-state index contributed by atoms with van der Waals surface area (Å²) in [4.78, 5) is 16.8. The van der Waals surface area contributed by atoms with Crippen molar-refractivity contribution < 1.29 is 22.7 Å². The van der Waals surface area contributed by atoms with E-state index >= 15 is 0 Å². The lowest BCUT2D eigenvalue weighted by Crippen LogP contribution is -2.36. The van der Waals surface area contributed by atoms with Gasteiger partial charge in [-0.05, 0) is 43.9 Å². The highest BCUT2D eigenvalue weighted by molar-refractivity contribution is 5.95. The van der Waals surface area contributed by atoms with E-state index in [1.165, 1.54) is 18.1 Å². The minimum absolute atomic E-state index is 0.0118. The first kappa shape index (κ1) is 23.3. The predicted molar refractivity (Wildman–Crippen MR) is 115 cm³/mol. The Morgan fingerprint density at radius 2 is 1.78 bits per heavy atom.